The molecule has 2 N–H and O–H groups in total. The maximum absolute atomic E-state index is 6.01. The van der Waals surface area contributed by atoms with E-state index in [0.29, 0.717) is 11.0 Å². The van der Waals surface area contributed by atoms with E-state index in [1.54, 1.807) is 0 Å². The Morgan fingerprint density at radius 1 is 1.21 bits per heavy atom. The molecule has 0 aliphatic carbocycles. The third-order valence-corrected chi connectivity index (χ3v) is 3.62. The number of aromatic nitrogens is 2. The van der Waals surface area contributed by atoms with Crippen LogP contribution in [0, 0.1) is 6.92 Å². The van der Waals surface area contributed by atoms with Gasteiger partial charge in [0.25, 0.3) is 0 Å². The molecule has 5 heteroatoms. The molecule has 0 unspecified atom stereocenters. The molecule has 0 saturated carbocycles. The minimum Gasteiger partial charge on any atom is -0.325 e. The average Bonchev–Trinajstić information content (AvgIpc) is 2.75. The summed E-state index contributed by atoms with van der Waals surface area (Å²) in [5.41, 5.74) is 3.97. The van der Waals surface area contributed by atoms with E-state index in [0.717, 1.165) is 26.8 Å². The minimum atomic E-state index is 0.701. The van der Waals surface area contributed by atoms with Gasteiger partial charge < -0.3 is 10.3 Å². The van der Waals surface area contributed by atoms with E-state index in [-0.39, 0.29) is 0 Å². The fourth-order valence-electron chi connectivity index (χ4n) is 1.90. The highest BCUT2D eigenvalue weighted by Crippen LogP contribution is 2.25. The molecule has 0 spiro atoms. The van der Waals surface area contributed by atoms with Crippen LogP contribution in [0.5, 0.6) is 0 Å². The third kappa shape index (κ3) is 2.60. The molecular weight excluding hydrogens is 326 g/mol. The zero-order valence-corrected chi connectivity index (χ0v) is 12.5. The molecule has 3 aromatic rings. The van der Waals surface area contributed by atoms with Gasteiger partial charge in [0.2, 0.25) is 5.95 Å². The normalized spacial score (nSPS) is 10.9. The van der Waals surface area contributed by atoms with Gasteiger partial charge in [-0.2, -0.15) is 0 Å². The first kappa shape index (κ1) is 12.5. The van der Waals surface area contributed by atoms with Crippen molar-refractivity contribution in [1.29, 1.82) is 0 Å². The van der Waals surface area contributed by atoms with Crippen LogP contribution in [-0.4, -0.2) is 9.97 Å². The zero-order chi connectivity index (χ0) is 13.4. The first-order valence-corrected chi connectivity index (χ1v) is 6.97. The first-order chi connectivity index (χ1) is 9.11. The second kappa shape index (κ2) is 4.87. The minimum absolute atomic E-state index is 0.701. The number of aryl methyl sites for hydroxylation is 1. The Hall–Kier alpha value is -1.52. The number of fused-ring (bicyclic) bond motifs is 1. The van der Waals surface area contributed by atoms with Gasteiger partial charge in [-0.15, -0.1) is 0 Å². The smallest absolute Gasteiger partial charge is 0.205 e. The third-order valence-electron chi connectivity index (χ3n) is 2.90. The molecule has 1 aromatic heterocycles. The van der Waals surface area contributed by atoms with Crippen LogP contribution in [-0.2, 0) is 0 Å². The van der Waals surface area contributed by atoms with Gasteiger partial charge in [0.1, 0.15) is 0 Å². The molecule has 0 fully saturated rings. The summed E-state index contributed by atoms with van der Waals surface area (Å²) in [5.74, 6) is 0.707. The van der Waals surface area contributed by atoms with Crippen LogP contribution >= 0.6 is 27.5 Å². The lowest BCUT2D eigenvalue weighted by Crippen LogP contribution is -1.94. The number of anilines is 2. The maximum Gasteiger partial charge on any atom is 0.205 e. The quantitative estimate of drug-likeness (QED) is 0.689. The SMILES string of the molecule is Cc1ccc(Cl)cc1Nc1nc2ccc(Br)cc2[nH]1. The molecular formula is C14H11BrClN3. The maximum atomic E-state index is 6.01. The summed E-state index contributed by atoms with van der Waals surface area (Å²) in [5, 5.41) is 3.96. The van der Waals surface area contributed by atoms with Crippen molar-refractivity contribution < 1.29 is 0 Å². The van der Waals surface area contributed by atoms with E-state index in [1.807, 2.05) is 43.3 Å². The summed E-state index contributed by atoms with van der Waals surface area (Å²) in [6, 6.07) is 11.7. The lowest BCUT2D eigenvalue weighted by molar-refractivity contribution is 1.29. The lowest BCUT2D eigenvalue weighted by Gasteiger charge is -2.06. The van der Waals surface area contributed by atoms with E-state index in [4.69, 9.17) is 11.6 Å². The van der Waals surface area contributed by atoms with E-state index in [1.165, 1.54) is 0 Å². The largest absolute Gasteiger partial charge is 0.325 e. The van der Waals surface area contributed by atoms with Crippen LogP contribution in [0.25, 0.3) is 11.0 Å². The van der Waals surface area contributed by atoms with Gasteiger partial charge in [0.05, 0.1) is 11.0 Å². The van der Waals surface area contributed by atoms with Crippen LogP contribution in [0.2, 0.25) is 5.02 Å². The number of H-pyrrole nitrogens is 1. The molecule has 3 nitrogen and oxygen atoms in total. The Bertz CT molecular complexity index is 752. The fourth-order valence-corrected chi connectivity index (χ4v) is 2.43. The fraction of sp³-hybridized carbons (Fsp3) is 0.0714. The number of nitrogens with zero attached hydrogens (tertiary/aromatic N) is 1. The van der Waals surface area contributed by atoms with Gasteiger partial charge in [-0.25, -0.2) is 4.98 Å². The van der Waals surface area contributed by atoms with Crippen molar-refractivity contribution in [3.8, 4) is 0 Å². The standard InChI is InChI=1S/C14H11BrClN3/c1-8-2-4-10(16)7-12(8)18-14-17-11-5-3-9(15)6-13(11)19-14/h2-7H,1H3,(H2,17,18,19). The summed E-state index contributed by atoms with van der Waals surface area (Å²) in [6.07, 6.45) is 0. The highest BCUT2D eigenvalue weighted by atomic mass is 79.9. The highest BCUT2D eigenvalue weighted by molar-refractivity contribution is 9.10. The molecule has 0 bridgehead atoms. The summed E-state index contributed by atoms with van der Waals surface area (Å²) in [6.45, 7) is 2.03. The van der Waals surface area contributed by atoms with E-state index >= 15 is 0 Å². The number of aromatic amines is 1. The van der Waals surface area contributed by atoms with Crippen LogP contribution in [0.15, 0.2) is 40.9 Å². The molecule has 0 radical (unpaired) electrons. The van der Waals surface area contributed by atoms with Gasteiger partial charge in [-0.05, 0) is 42.8 Å². The Balaban J connectivity index is 1.98. The molecule has 3 rings (SSSR count). The predicted molar refractivity (Wildman–Crippen MR) is 83.3 cm³/mol. The summed E-state index contributed by atoms with van der Waals surface area (Å²) < 4.78 is 1.02. The van der Waals surface area contributed by atoms with Crippen molar-refractivity contribution in [1.82, 2.24) is 9.97 Å². The first-order valence-electron chi connectivity index (χ1n) is 5.80. The van der Waals surface area contributed by atoms with Crippen LogP contribution < -0.4 is 5.32 Å². The average molecular weight is 337 g/mol. The van der Waals surface area contributed by atoms with Crippen molar-refractivity contribution in [2.75, 3.05) is 5.32 Å². The highest BCUT2D eigenvalue weighted by Gasteiger charge is 2.05. The number of hydrogen-bond acceptors (Lipinski definition) is 2. The van der Waals surface area contributed by atoms with E-state index < -0.39 is 0 Å². The van der Waals surface area contributed by atoms with Gasteiger partial charge in [0.15, 0.2) is 0 Å². The van der Waals surface area contributed by atoms with Crippen molar-refractivity contribution >= 4 is 50.2 Å². The van der Waals surface area contributed by atoms with Crippen LogP contribution in [0.1, 0.15) is 5.56 Å². The van der Waals surface area contributed by atoms with Crippen LogP contribution in [0.4, 0.5) is 11.6 Å². The predicted octanol–water partition coefficient (Wildman–Crippen LogP) is 5.03. The van der Waals surface area contributed by atoms with E-state index in [2.05, 4.69) is 31.2 Å². The molecule has 0 saturated heterocycles. The van der Waals surface area contributed by atoms with Crippen LogP contribution in [0.3, 0.4) is 0 Å². The van der Waals surface area contributed by atoms with Gasteiger partial charge in [-0.1, -0.05) is 33.6 Å². The van der Waals surface area contributed by atoms with Crippen molar-refractivity contribution in [3.63, 3.8) is 0 Å². The van der Waals surface area contributed by atoms with Crippen molar-refractivity contribution in [3.05, 3.63) is 51.5 Å². The number of imidazole rings is 1. The molecule has 1 heterocycles. The van der Waals surface area contributed by atoms with Gasteiger partial charge in [0, 0.05) is 15.2 Å². The molecule has 2 aromatic carbocycles. The number of halogens is 2. The molecule has 96 valence electrons. The summed E-state index contributed by atoms with van der Waals surface area (Å²) >= 11 is 9.45. The number of benzene rings is 2. The van der Waals surface area contributed by atoms with Crippen molar-refractivity contribution in [2.45, 2.75) is 6.92 Å². The zero-order valence-electron chi connectivity index (χ0n) is 10.2. The second-order valence-electron chi connectivity index (χ2n) is 4.33. The van der Waals surface area contributed by atoms with Gasteiger partial charge in [-0.3, -0.25) is 0 Å². The number of nitrogens with one attached hydrogen (secondary N) is 2. The summed E-state index contributed by atoms with van der Waals surface area (Å²) in [7, 11) is 0. The molecule has 0 amide bonds. The Morgan fingerprint density at radius 3 is 2.89 bits per heavy atom. The Morgan fingerprint density at radius 2 is 2.05 bits per heavy atom. The molecule has 0 aliphatic rings. The lowest BCUT2D eigenvalue weighted by atomic mass is 10.2. The second-order valence-corrected chi connectivity index (χ2v) is 5.68. The van der Waals surface area contributed by atoms with Gasteiger partial charge >= 0.3 is 0 Å². The van der Waals surface area contributed by atoms with Crippen molar-refractivity contribution in [2.24, 2.45) is 0 Å². The Kier molecular flexibility index (Phi) is 3.21. The monoisotopic (exact) mass is 335 g/mol. The molecule has 19 heavy (non-hydrogen) atoms. The molecule has 0 aliphatic heterocycles. The number of rotatable bonds is 2. The number of hydrogen-bond donors (Lipinski definition) is 2. The van der Waals surface area contributed by atoms with E-state index in [9.17, 15) is 0 Å². The summed E-state index contributed by atoms with van der Waals surface area (Å²) in [4.78, 5) is 7.73. The Labute approximate surface area is 124 Å². The topological polar surface area (TPSA) is 40.7 Å². The molecule has 0 atom stereocenters.